The molecule has 1 rings (SSSR count). The molecule has 1 aromatic carbocycles. The Morgan fingerprint density at radius 3 is 2.73 bits per heavy atom. The summed E-state index contributed by atoms with van der Waals surface area (Å²) in [5, 5.41) is 20.2. The third-order valence-corrected chi connectivity index (χ3v) is 2.77. The number of carbonyl (C=O) groups is 1. The molecule has 0 aromatic heterocycles. The molecule has 82 valence electrons. The number of aliphatic hydroxyl groups is 2. The second-order valence-electron chi connectivity index (χ2n) is 3.03. The van der Waals surface area contributed by atoms with Crippen molar-refractivity contribution in [2.45, 2.75) is 6.10 Å². The molecule has 5 heteroatoms. The minimum Gasteiger partial charge on any atom is -0.394 e. The fourth-order valence-corrected chi connectivity index (χ4v) is 1.65. The molecule has 3 N–H and O–H groups in total. The van der Waals surface area contributed by atoms with Crippen LogP contribution in [-0.4, -0.2) is 35.4 Å². The van der Waals surface area contributed by atoms with Crippen LogP contribution in [0.3, 0.4) is 0 Å². The molecule has 0 radical (unpaired) electrons. The van der Waals surface area contributed by atoms with Crippen LogP contribution in [-0.2, 0) is 0 Å². The lowest BCUT2D eigenvalue weighted by Crippen LogP contribution is -2.34. The van der Waals surface area contributed by atoms with Gasteiger partial charge in [0.2, 0.25) is 0 Å². The van der Waals surface area contributed by atoms with E-state index in [1.807, 2.05) is 12.1 Å². The van der Waals surface area contributed by atoms with Crippen molar-refractivity contribution in [3.63, 3.8) is 0 Å². The van der Waals surface area contributed by atoms with Crippen molar-refractivity contribution in [2.24, 2.45) is 0 Å². The summed E-state index contributed by atoms with van der Waals surface area (Å²) in [6.07, 6.45) is -0.907. The summed E-state index contributed by atoms with van der Waals surface area (Å²) in [5.41, 5.74) is 0.572. The van der Waals surface area contributed by atoms with E-state index in [1.54, 1.807) is 12.1 Å². The van der Waals surface area contributed by atoms with E-state index in [9.17, 15) is 4.79 Å². The summed E-state index contributed by atoms with van der Waals surface area (Å²) >= 11 is 2.07. The molecule has 1 atom stereocenters. The molecule has 0 spiro atoms. The summed E-state index contributed by atoms with van der Waals surface area (Å²) in [6.45, 7) is -0.299. The fraction of sp³-hybridized carbons (Fsp3) is 0.300. The highest BCUT2D eigenvalue weighted by Crippen LogP contribution is 2.10. The number of rotatable bonds is 4. The fourth-order valence-electron chi connectivity index (χ4n) is 1.02. The number of amides is 1. The van der Waals surface area contributed by atoms with E-state index >= 15 is 0 Å². The number of hydrogen-bond acceptors (Lipinski definition) is 3. The van der Waals surface area contributed by atoms with E-state index in [1.165, 1.54) is 0 Å². The Labute approximate surface area is 101 Å². The molecular formula is C10H12INO3. The van der Waals surface area contributed by atoms with E-state index in [2.05, 4.69) is 27.9 Å². The average molecular weight is 321 g/mol. The monoisotopic (exact) mass is 321 g/mol. The van der Waals surface area contributed by atoms with Crippen LogP contribution in [0.15, 0.2) is 24.3 Å². The summed E-state index contributed by atoms with van der Waals surface area (Å²) < 4.78 is 0.853. The van der Waals surface area contributed by atoms with Gasteiger partial charge in [-0.25, -0.2) is 0 Å². The quantitative estimate of drug-likeness (QED) is 0.702. The molecule has 0 saturated carbocycles. The third kappa shape index (κ3) is 3.77. The van der Waals surface area contributed by atoms with Gasteiger partial charge in [-0.2, -0.15) is 0 Å². The average Bonchev–Trinajstić information content (AvgIpc) is 2.26. The predicted molar refractivity (Wildman–Crippen MR) is 64.6 cm³/mol. The van der Waals surface area contributed by atoms with E-state index < -0.39 is 6.10 Å². The maximum Gasteiger partial charge on any atom is 0.252 e. The van der Waals surface area contributed by atoms with Crippen molar-refractivity contribution in [1.29, 1.82) is 0 Å². The topological polar surface area (TPSA) is 69.6 Å². The Kier molecular flexibility index (Phi) is 5.00. The van der Waals surface area contributed by atoms with Crippen LogP contribution in [0.5, 0.6) is 0 Å². The highest BCUT2D eigenvalue weighted by atomic mass is 127. The van der Waals surface area contributed by atoms with Crippen molar-refractivity contribution in [1.82, 2.24) is 5.32 Å². The maximum atomic E-state index is 11.6. The lowest BCUT2D eigenvalue weighted by atomic mass is 10.2. The maximum absolute atomic E-state index is 11.6. The summed E-state index contributed by atoms with van der Waals surface area (Å²) in [4.78, 5) is 11.6. The van der Waals surface area contributed by atoms with Gasteiger partial charge < -0.3 is 15.5 Å². The smallest absolute Gasteiger partial charge is 0.252 e. The molecule has 0 aliphatic rings. The van der Waals surface area contributed by atoms with Crippen molar-refractivity contribution >= 4 is 28.5 Å². The molecule has 1 aromatic rings. The van der Waals surface area contributed by atoms with E-state index in [-0.39, 0.29) is 19.1 Å². The van der Waals surface area contributed by atoms with Crippen molar-refractivity contribution in [3.05, 3.63) is 33.4 Å². The van der Waals surface area contributed by atoms with Crippen LogP contribution >= 0.6 is 22.6 Å². The molecular weight excluding hydrogens is 309 g/mol. The van der Waals surface area contributed by atoms with E-state index in [4.69, 9.17) is 10.2 Å². The number of hydrogen-bond donors (Lipinski definition) is 3. The van der Waals surface area contributed by atoms with Gasteiger partial charge in [-0.05, 0) is 34.7 Å². The van der Waals surface area contributed by atoms with Crippen molar-refractivity contribution < 1.29 is 15.0 Å². The SMILES string of the molecule is O=C(NCC(O)CO)c1ccccc1I. The minimum atomic E-state index is -0.907. The van der Waals surface area contributed by atoms with Gasteiger partial charge in [0.1, 0.15) is 0 Å². The van der Waals surface area contributed by atoms with Crippen molar-refractivity contribution in [3.8, 4) is 0 Å². The Balaban J connectivity index is 2.58. The molecule has 0 aliphatic carbocycles. The van der Waals surface area contributed by atoms with Gasteiger partial charge in [-0.3, -0.25) is 4.79 Å². The van der Waals surface area contributed by atoms with Gasteiger partial charge >= 0.3 is 0 Å². The molecule has 1 unspecified atom stereocenters. The lowest BCUT2D eigenvalue weighted by Gasteiger charge is -2.09. The number of nitrogens with one attached hydrogen (secondary N) is 1. The van der Waals surface area contributed by atoms with E-state index in [0.717, 1.165) is 3.57 Å². The molecule has 4 nitrogen and oxygen atoms in total. The number of benzene rings is 1. The Morgan fingerprint density at radius 2 is 2.13 bits per heavy atom. The first-order valence-electron chi connectivity index (χ1n) is 4.46. The first kappa shape index (κ1) is 12.4. The second kappa shape index (κ2) is 6.04. The highest BCUT2D eigenvalue weighted by Gasteiger charge is 2.10. The number of aliphatic hydroxyl groups excluding tert-OH is 2. The Bertz CT molecular complexity index is 343. The van der Waals surface area contributed by atoms with Crippen LogP contribution in [0.2, 0.25) is 0 Å². The van der Waals surface area contributed by atoms with Gasteiger partial charge in [-0.1, -0.05) is 12.1 Å². The number of halogens is 1. The van der Waals surface area contributed by atoms with Gasteiger partial charge in [0.25, 0.3) is 5.91 Å². The molecule has 0 aliphatic heterocycles. The molecule has 0 bridgehead atoms. The van der Waals surface area contributed by atoms with E-state index in [0.29, 0.717) is 5.56 Å². The zero-order valence-electron chi connectivity index (χ0n) is 7.98. The summed E-state index contributed by atoms with van der Waals surface area (Å²) in [6, 6.07) is 7.17. The minimum absolute atomic E-state index is 0.0559. The molecule has 0 fully saturated rings. The van der Waals surface area contributed by atoms with Gasteiger partial charge in [0, 0.05) is 10.1 Å². The molecule has 0 saturated heterocycles. The van der Waals surface area contributed by atoms with Crippen LogP contribution in [0.25, 0.3) is 0 Å². The van der Waals surface area contributed by atoms with Gasteiger partial charge in [0.15, 0.2) is 0 Å². The summed E-state index contributed by atoms with van der Waals surface area (Å²) in [5.74, 6) is -0.243. The first-order valence-corrected chi connectivity index (χ1v) is 5.54. The third-order valence-electron chi connectivity index (χ3n) is 1.83. The summed E-state index contributed by atoms with van der Waals surface area (Å²) in [7, 11) is 0. The zero-order chi connectivity index (χ0) is 11.3. The first-order chi connectivity index (χ1) is 7.15. The second-order valence-corrected chi connectivity index (χ2v) is 4.19. The highest BCUT2D eigenvalue weighted by molar-refractivity contribution is 14.1. The van der Waals surface area contributed by atoms with Crippen LogP contribution in [0.4, 0.5) is 0 Å². The van der Waals surface area contributed by atoms with Crippen LogP contribution in [0, 0.1) is 3.57 Å². The number of carbonyl (C=O) groups excluding carboxylic acids is 1. The van der Waals surface area contributed by atoms with Gasteiger partial charge in [0.05, 0.1) is 18.3 Å². The molecule has 15 heavy (non-hydrogen) atoms. The van der Waals surface area contributed by atoms with Crippen molar-refractivity contribution in [2.75, 3.05) is 13.2 Å². The zero-order valence-corrected chi connectivity index (χ0v) is 10.1. The Hall–Kier alpha value is -0.660. The lowest BCUT2D eigenvalue weighted by molar-refractivity contribution is 0.0801. The largest absolute Gasteiger partial charge is 0.394 e. The van der Waals surface area contributed by atoms with Crippen LogP contribution in [0.1, 0.15) is 10.4 Å². The van der Waals surface area contributed by atoms with Crippen LogP contribution < -0.4 is 5.32 Å². The molecule has 0 heterocycles. The standard InChI is InChI=1S/C10H12INO3/c11-9-4-2-1-3-8(9)10(15)12-5-7(14)6-13/h1-4,7,13-14H,5-6H2,(H,12,15). The molecule has 1 amide bonds. The normalized spacial score (nSPS) is 12.2. The Morgan fingerprint density at radius 1 is 1.47 bits per heavy atom. The predicted octanol–water partition coefficient (Wildman–Crippen LogP) is 0.374. The van der Waals surface area contributed by atoms with Gasteiger partial charge in [-0.15, -0.1) is 0 Å².